The van der Waals surface area contributed by atoms with Crippen molar-refractivity contribution in [2.24, 2.45) is 0 Å². The minimum Gasteiger partial charge on any atom is -0.384 e. The molecule has 0 saturated heterocycles. The Hall–Kier alpha value is -4.65. The highest BCUT2D eigenvalue weighted by Gasteiger charge is 2.25. The Morgan fingerprint density at radius 1 is 0.973 bits per heavy atom. The first-order valence-corrected chi connectivity index (χ1v) is 12.2. The number of carbonyl (C=O) groups is 2. The molecule has 3 aromatic carbocycles. The quantitative estimate of drug-likeness (QED) is 0.405. The molecule has 1 aromatic heterocycles. The van der Waals surface area contributed by atoms with Crippen LogP contribution in [0.15, 0.2) is 84.9 Å². The molecule has 1 aliphatic heterocycles. The highest BCUT2D eigenvalue weighted by molar-refractivity contribution is 6.09. The van der Waals surface area contributed by atoms with Crippen molar-refractivity contribution in [2.45, 2.75) is 12.8 Å². The molecular formula is C30H29N5O2. The fourth-order valence-corrected chi connectivity index (χ4v) is 4.65. The van der Waals surface area contributed by atoms with E-state index >= 15 is 0 Å². The van der Waals surface area contributed by atoms with Crippen LogP contribution in [-0.2, 0) is 17.6 Å². The first-order valence-electron chi connectivity index (χ1n) is 12.2. The predicted octanol–water partition coefficient (Wildman–Crippen LogP) is 4.78. The molecule has 0 unspecified atom stereocenters. The van der Waals surface area contributed by atoms with Gasteiger partial charge >= 0.3 is 0 Å². The van der Waals surface area contributed by atoms with Crippen molar-refractivity contribution in [3.8, 4) is 11.1 Å². The van der Waals surface area contributed by atoms with Crippen molar-refractivity contribution in [3.05, 3.63) is 102 Å². The van der Waals surface area contributed by atoms with E-state index < -0.39 is 0 Å². The summed E-state index contributed by atoms with van der Waals surface area (Å²) in [6, 6.07) is 26.8. The Balaban J connectivity index is 1.37. The topological polar surface area (TPSA) is 91.6 Å². The van der Waals surface area contributed by atoms with E-state index in [1.807, 2.05) is 85.7 Å². The van der Waals surface area contributed by atoms with Gasteiger partial charge in [-0.15, -0.1) is 0 Å². The van der Waals surface area contributed by atoms with Crippen LogP contribution in [0.1, 0.15) is 21.6 Å². The second kappa shape index (κ2) is 10.1. The zero-order valence-corrected chi connectivity index (χ0v) is 20.9. The number of rotatable bonds is 6. The van der Waals surface area contributed by atoms with Crippen LogP contribution in [0, 0.1) is 0 Å². The minimum atomic E-state index is -0.179. The van der Waals surface area contributed by atoms with Crippen molar-refractivity contribution in [3.63, 3.8) is 0 Å². The van der Waals surface area contributed by atoms with E-state index in [0.29, 0.717) is 29.3 Å². The van der Waals surface area contributed by atoms with Gasteiger partial charge < -0.3 is 20.9 Å². The second-order valence-electron chi connectivity index (χ2n) is 9.31. The largest absolute Gasteiger partial charge is 0.384 e. The number of nitrogens with two attached hydrogens (primary N) is 1. The molecule has 0 bridgehead atoms. The van der Waals surface area contributed by atoms with Gasteiger partial charge in [0.25, 0.3) is 5.91 Å². The van der Waals surface area contributed by atoms with E-state index in [0.717, 1.165) is 34.5 Å². The number of fused-ring (bicyclic) bond motifs is 1. The molecule has 0 saturated carbocycles. The Morgan fingerprint density at radius 2 is 1.78 bits per heavy atom. The predicted molar refractivity (Wildman–Crippen MR) is 149 cm³/mol. The molecular weight excluding hydrogens is 462 g/mol. The SMILES string of the molecule is CN(C)c1ccc(-c2ccccc2)c(C(=O)Nc2ccc3c(c2)CCN3C(=O)Cc2cccc(N)n2)c1. The zero-order valence-electron chi connectivity index (χ0n) is 20.9. The van der Waals surface area contributed by atoms with Gasteiger partial charge in [-0.3, -0.25) is 9.59 Å². The third-order valence-electron chi connectivity index (χ3n) is 6.54. The fourth-order valence-electron chi connectivity index (χ4n) is 4.65. The van der Waals surface area contributed by atoms with Crippen LogP contribution in [0.3, 0.4) is 0 Å². The summed E-state index contributed by atoms with van der Waals surface area (Å²) in [7, 11) is 3.91. The third-order valence-corrected chi connectivity index (χ3v) is 6.54. The molecule has 4 aromatic rings. The average molecular weight is 492 g/mol. The Kier molecular flexibility index (Phi) is 6.60. The number of nitrogen functional groups attached to an aromatic ring is 1. The molecule has 7 nitrogen and oxygen atoms in total. The summed E-state index contributed by atoms with van der Waals surface area (Å²) in [5.41, 5.74) is 12.4. The second-order valence-corrected chi connectivity index (χ2v) is 9.31. The summed E-state index contributed by atoms with van der Waals surface area (Å²) in [5.74, 6) is 0.196. The van der Waals surface area contributed by atoms with E-state index in [9.17, 15) is 9.59 Å². The van der Waals surface area contributed by atoms with Crippen molar-refractivity contribution >= 4 is 34.7 Å². The molecule has 0 aliphatic carbocycles. The highest BCUT2D eigenvalue weighted by Crippen LogP contribution is 2.32. The van der Waals surface area contributed by atoms with Crippen LogP contribution < -0.4 is 20.9 Å². The fraction of sp³-hybridized carbons (Fsp3) is 0.167. The number of carbonyl (C=O) groups excluding carboxylic acids is 2. The van der Waals surface area contributed by atoms with Gasteiger partial charge in [-0.2, -0.15) is 0 Å². The Morgan fingerprint density at radius 3 is 2.54 bits per heavy atom. The Bertz CT molecular complexity index is 1470. The van der Waals surface area contributed by atoms with Crippen LogP contribution in [0.5, 0.6) is 0 Å². The van der Waals surface area contributed by atoms with Crippen LogP contribution in [0.2, 0.25) is 0 Å². The zero-order chi connectivity index (χ0) is 25.9. The van der Waals surface area contributed by atoms with E-state index in [4.69, 9.17) is 5.73 Å². The number of aromatic nitrogens is 1. The van der Waals surface area contributed by atoms with Gasteiger partial charge in [-0.1, -0.05) is 42.5 Å². The molecule has 0 spiro atoms. The molecule has 5 rings (SSSR count). The van der Waals surface area contributed by atoms with E-state index in [1.54, 1.807) is 23.1 Å². The number of nitrogens with one attached hydrogen (secondary N) is 1. The monoisotopic (exact) mass is 491 g/mol. The lowest BCUT2D eigenvalue weighted by Crippen LogP contribution is -2.30. The maximum Gasteiger partial charge on any atom is 0.256 e. The standard InChI is InChI=1S/C30H29N5O2/c1-34(2)24-12-13-25(20-7-4-3-5-8-20)26(19-24)30(37)33-23-11-14-27-21(17-23)15-16-35(27)29(36)18-22-9-6-10-28(31)32-22/h3-14,17,19H,15-16,18H2,1-2H3,(H2,31,32)(H,33,37). The number of hydrogen-bond acceptors (Lipinski definition) is 5. The molecule has 2 heterocycles. The molecule has 0 atom stereocenters. The van der Waals surface area contributed by atoms with Crippen molar-refractivity contribution in [2.75, 3.05) is 41.5 Å². The maximum atomic E-state index is 13.5. The smallest absolute Gasteiger partial charge is 0.256 e. The molecule has 1 aliphatic rings. The molecule has 2 amide bonds. The van der Waals surface area contributed by atoms with Gasteiger partial charge in [-0.25, -0.2) is 4.98 Å². The summed E-state index contributed by atoms with van der Waals surface area (Å²) in [6.07, 6.45) is 0.911. The highest BCUT2D eigenvalue weighted by atomic mass is 16.2. The summed E-state index contributed by atoms with van der Waals surface area (Å²) < 4.78 is 0. The lowest BCUT2D eigenvalue weighted by molar-refractivity contribution is -0.117. The number of pyridine rings is 1. The van der Waals surface area contributed by atoms with Crippen molar-refractivity contribution < 1.29 is 9.59 Å². The van der Waals surface area contributed by atoms with Crippen molar-refractivity contribution in [1.29, 1.82) is 0 Å². The summed E-state index contributed by atoms with van der Waals surface area (Å²) in [5, 5.41) is 3.07. The first kappa shape index (κ1) is 24.1. The van der Waals surface area contributed by atoms with Crippen LogP contribution >= 0.6 is 0 Å². The van der Waals surface area contributed by atoms with Crippen LogP contribution in [0.25, 0.3) is 11.1 Å². The third kappa shape index (κ3) is 5.16. The molecule has 0 fully saturated rings. The van der Waals surface area contributed by atoms with Gasteiger partial charge in [0.2, 0.25) is 5.91 Å². The van der Waals surface area contributed by atoms with E-state index in [1.165, 1.54) is 0 Å². The number of amides is 2. The minimum absolute atomic E-state index is 0.0263. The molecule has 37 heavy (non-hydrogen) atoms. The van der Waals surface area contributed by atoms with Crippen LogP contribution in [-0.4, -0.2) is 37.4 Å². The van der Waals surface area contributed by atoms with Gasteiger partial charge in [0.15, 0.2) is 0 Å². The van der Waals surface area contributed by atoms with Crippen LogP contribution in [0.4, 0.5) is 22.9 Å². The number of nitrogens with zero attached hydrogens (tertiary/aromatic N) is 3. The molecule has 0 radical (unpaired) electrons. The molecule has 3 N–H and O–H groups in total. The maximum absolute atomic E-state index is 13.5. The normalized spacial score (nSPS) is 12.2. The van der Waals surface area contributed by atoms with Gasteiger partial charge in [0.05, 0.1) is 12.1 Å². The van der Waals surface area contributed by atoms with E-state index in [-0.39, 0.29) is 18.2 Å². The number of hydrogen-bond donors (Lipinski definition) is 2. The van der Waals surface area contributed by atoms with E-state index in [2.05, 4.69) is 10.3 Å². The first-order chi connectivity index (χ1) is 17.9. The summed E-state index contributed by atoms with van der Waals surface area (Å²) >= 11 is 0. The molecule has 186 valence electrons. The average Bonchev–Trinajstić information content (AvgIpc) is 3.32. The van der Waals surface area contributed by atoms with Gasteiger partial charge in [-0.05, 0) is 65.6 Å². The van der Waals surface area contributed by atoms with Crippen molar-refractivity contribution in [1.82, 2.24) is 4.98 Å². The number of anilines is 4. The van der Waals surface area contributed by atoms with Gasteiger partial charge in [0, 0.05) is 43.3 Å². The molecule has 7 heteroatoms. The summed E-state index contributed by atoms with van der Waals surface area (Å²) in [6.45, 7) is 0.594. The Labute approximate surface area is 216 Å². The lowest BCUT2D eigenvalue weighted by Gasteiger charge is -2.18. The summed E-state index contributed by atoms with van der Waals surface area (Å²) in [4.78, 5) is 34.4. The lowest BCUT2D eigenvalue weighted by atomic mass is 9.98. The van der Waals surface area contributed by atoms with Gasteiger partial charge in [0.1, 0.15) is 5.82 Å². The number of benzene rings is 3.